The maximum absolute atomic E-state index is 13.0. The molecule has 100 valence electrons. The van der Waals surface area contributed by atoms with Gasteiger partial charge in [-0.15, -0.1) is 0 Å². The second-order valence-corrected chi connectivity index (χ2v) is 5.35. The Kier molecular flexibility index (Phi) is 4.70. The highest BCUT2D eigenvalue weighted by Crippen LogP contribution is 2.26. The molecule has 1 atom stereocenters. The quantitative estimate of drug-likeness (QED) is 0.854. The smallest absolute Gasteiger partial charge is 0.126 e. The number of hydrogen-bond donors (Lipinski definition) is 1. The number of hydrogen-bond acceptors (Lipinski definition) is 1. The van der Waals surface area contributed by atoms with Gasteiger partial charge in [-0.3, -0.25) is 0 Å². The first-order valence-electron chi connectivity index (χ1n) is 6.83. The van der Waals surface area contributed by atoms with Crippen molar-refractivity contribution in [1.82, 2.24) is 5.32 Å². The summed E-state index contributed by atoms with van der Waals surface area (Å²) in [6.45, 7) is 2.71. The fraction of sp³-hybridized carbons (Fsp3) is 0.600. The van der Waals surface area contributed by atoms with E-state index in [4.69, 9.17) is 0 Å². The van der Waals surface area contributed by atoms with E-state index in [0.717, 1.165) is 6.07 Å². The molecule has 1 aromatic carbocycles. The van der Waals surface area contributed by atoms with Crippen molar-refractivity contribution in [2.24, 2.45) is 5.92 Å². The summed E-state index contributed by atoms with van der Waals surface area (Å²) in [7, 11) is 0. The zero-order chi connectivity index (χ0) is 13.0. The molecule has 1 nitrogen and oxygen atoms in total. The van der Waals surface area contributed by atoms with Gasteiger partial charge in [0.15, 0.2) is 0 Å². The van der Waals surface area contributed by atoms with E-state index >= 15 is 0 Å². The summed E-state index contributed by atoms with van der Waals surface area (Å²) in [6.07, 6.45) is 6.51. The van der Waals surface area contributed by atoms with E-state index in [1.165, 1.54) is 44.2 Å². The molecule has 0 aliphatic heterocycles. The molecule has 18 heavy (non-hydrogen) atoms. The minimum Gasteiger partial charge on any atom is -0.310 e. The van der Waals surface area contributed by atoms with Crippen LogP contribution in [-0.4, -0.2) is 6.04 Å². The van der Waals surface area contributed by atoms with Gasteiger partial charge in [0.05, 0.1) is 0 Å². The van der Waals surface area contributed by atoms with Crippen LogP contribution < -0.4 is 5.32 Å². The predicted molar refractivity (Wildman–Crippen MR) is 69.2 cm³/mol. The molecular weight excluding hydrogens is 232 g/mol. The summed E-state index contributed by atoms with van der Waals surface area (Å²) in [5, 5.41) is 3.39. The van der Waals surface area contributed by atoms with Crippen LogP contribution in [-0.2, 0) is 6.54 Å². The van der Waals surface area contributed by atoms with Crippen LogP contribution in [0.2, 0.25) is 0 Å². The number of rotatable bonds is 4. The topological polar surface area (TPSA) is 12.0 Å². The molecule has 0 saturated heterocycles. The molecule has 1 aliphatic carbocycles. The van der Waals surface area contributed by atoms with Gasteiger partial charge in [0.1, 0.15) is 11.6 Å². The lowest BCUT2D eigenvalue weighted by atomic mass is 9.84. The van der Waals surface area contributed by atoms with Gasteiger partial charge < -0.3 is 5.32 Å². The molecule has 0 aromatic heterocycles. The summed E-state index contributed by atoms with van der Waals surface area (Å²) < 4.78 is 26.1. The Labute approximate surface area is 108 Å². The highest BCUT2D eigenvalue weighted by molar-refractivity contribution is 5.17. The maximum Gasteiger partial charge on any atom is 0.126 e. The minimum absolute atomic E-state index is 0.414. The predicted octanol–water partition coefficient (Wildman–Crippen LogP) is 4.02. The molecule has 1 N–H and O–H groups in total. The fourth-order valence-corrected chi connectivity index (χ4v) is 2.79. The molecule has 1 fully saturated rings. The number of halogens is 2. The van der Waals surface area contributed by atoms with E-state index in [9.17, 15) is 8.78 Å². The van der Waals surface area contributed by atoms with Crippen molar-refractivity contribution < 1.29 is 8.78 Å². The van der Waals surface area contributed by atoms with Crippen LogP contribution in [0.5, 0.6) is 0 Å². The van der Waals surface area contributed by atoms with Crippen molar-refractivity contribution in [3.63, 3.8) is 0 Å². The number of benzene rings is 1. The van der Waals surface area contributed by atoms with E-state index in [1.807, 2.05) is 0 Å². The SMILES string of the molecule is C[C@@H](NCc1cc(F)cc(F)c1)C1CCCCC1. The molecule has 1 aliphatic rings. The van der Waals surface area contributed by atoms with Gasteiger partial charge in [-0.05, 0) is 43.4 Å². The van der Waals surface area contributed by atoms with Crippen molar-refractivity contribution >= 4 is 0 Å². The molecule has 1 aromatic rings. The average Bonchev–Trinajstić information content (AvgIpc) is 2.36. The summed E-state index contributed by atoms with van der Waals surface area (Å²) in [4.78, 5) is 0. The Morgan fingerprint density at radius 1 is 1.11 bits per heavy atom. The molecule has 3 heteroatoms. The zero-order valence-electron chi connectivity index (χ0n) is 10.9. The average molecular weight is 253 g/mol. The molecule has 1 saturated carbocycles. The third kappa shape index (κ3) is 3.77. The molecule has 0 heterocycles. The third-order valence-electron chi connectivity index (χ3n) is 3.91. The first kappa shape index (κ1) is 13.5. The van der Waals surface area contributed by atoms with Crippen LogP contribution in [0.4, 0.5) is 8.78 Å². The van der Waals surface area contributed by atoms with Crippen molar-refractivity contribution in [3.05, 3.63) is 35.4 Å². The van der Waals surface area contributed by atoms with Gasteiger partial charge in [-0.2, -0.15) is 0 Å². The Morgan fingerprint density at radius 2 is 1.72 bits per heavy atom. The monoisotopic (exact) mass is 253 g/mol. The van der Waals surface area contributed by atoms with Crippen molar-refractivity contribution in [2.45, 2.75) is 51.6 Å². The molecular formula is C15H21F2N. The normalized spacial score (nSPS) is 18.8. The Bertz CT molecular complexity index is 366. The maximum atomic E-state index is 13.0. The van der Waals surface area contributed by atoms with Crippen molar-refractivity contribution in [3.8, 4) is 0 Å². The van der Waals surface area contributed by atoms with Gasteiger partial charge in [0.25, 0.3) is 0 Å². The zero-order valence-corrected chi connectivity index (χ0v) is 10.9. The highest BCUT2D eigenvalue weighted by atomic mass is 19.1. The lowest BCUT2D eigenvalue weighted by molar-refractivity contribution is 0.280. The van der Waals surface area contributed by atoms with E-state index in [0.29, 0.717) is 24.1 Å². The number of nitrogens with one attached hydrogen (secondary N) is 1. The fourth-order valence-electron chi connectivity index (χ4n) is 2.79. The Hall–Kier alpha value is -0.960. The van der Waals surface area contributed by atoms with E-state index in [1.54, 1.807) is 0 Å². The van der Waals surface area contributed by atoms with Gasteiger partial charge in [-0.1, -0.05) is 19.3 Å². The highest BCUT2D eigenvalue weighted by Gasteiger charge is 2.19. The summed E-state index contributed by atoms with van der Waals surface area (Å²) in [6, 6.07) is 4.11. The Balaban J connectivity index is 1.86. The largest absolute Gasteiger partial charge is 0.310 e. The molecule has 0 bridgehead atoms. The van der Waals surface area contributed by atoms with E-state index in [-0.39, 0.29) is 0 Å². The summed E-state index contributed by atoms with van der Waals surface area (Å²) in [5.41, 5.74) is 0.676. The van der Waals surface area contributed by atoms with Gasteiger partial charge >= 0.3 is 0 Å². The standard InChI is InChI=1S/C15H21F2N/c1-11(13-5-3-2-4-6-13)18-10-12-7-14(16)9-15(17)8-12/h7-9,11,13,18H,2-6,10H2,1H3/t11-/m1/s1. The first-order valence-corrected chi connectivity index (χ1v) is 6.83. The lowest BCUT2D eigenvalue weighted by Gasteiger charge is -2.28. The van der Waals surface area contributed by atoms with Crippen LogP contribution in [0.25, 0.3) is 0 Å². The van der Waals surface area contributed by atoms with Gasteiger partial charge in [0, 0.05) is 18.7 Å². The first-order chi connectivity index (χ1) is 8.65. The van der Waals surface area contributed by atoms with E-state index in [2.05, 4.69) is 12.2 Å². The summed E-state index contributed by atoms with van der Waals surface area (Å²) in [5.74, 6) is -0.300. The van der Waals surface area contributed by atoms with Crippen molar-refractivity contribution in [1.29, 1.82) is 0 Å². The second-order valence-electron chi connectivity index (χ2n) is 5.35. The summed E-state index contributed by atoms with van der Waals surface area (Å²) >= 11 is 0. The van der Waals surface area contributed by atoms with E-state index < -0.39 is 11.6 Å². The Morgan fingerprint density at radius 3 is 2.33 bits per heavy atom. The third-order valence-corrected chi connectivity index (χ3v) is 3.91. The van der Waals surface area contributed by atoms with Gasteiger partial charge in [-0.25, -0.2) is 8.78 Å². The minimum atomic E-state index is -0.503. The molecule has 0 radical (unpaired) electrons. The van der Waals surface area contributed by atoms with Crippen LogP contribution in [0.1, 0.15) is 44.6 Å². The van der Waals surface area contributed by atoms with Crippen LogP contribution in [0.15, 0.2) is 18.2 Å². The van der Waals surface area contributed by atoms with Crippen molar-refractivity contribution in [2.75, 3.05) is 0 Å². The lowest BCUT2D eigenvalue weighted by Crippen LogP contribution is -2.34. The molecule has 0 spiro atoms. The van der Waals surface area contributed by atoms with Gasteiger partial charge in [0.2, 0.25) is 0 Å². The van der Waals surface area contributed by atoms with Crippen LogP contribution >= 0.6 is 0 Å². The molecule has 0 amide bonds. The van der Waals surface area contributed by atoms with Crippen LogP contribution in [0, 0.1) is 17.6 Å². The van der Waals surface area contributed by atoms with Crippen LogP contribution in [0.3, 0.4) is 0 Å². The second kappa shape index (κ2) is 6.28. The molecule has 0 unspecified atom stereocenters. The molecule has 2 rings (SSSR count).